The number of nitrogens with one attached hydrogen (secondary N) is 1. The van der Waals surface area contributed by atoms with Crippen molar-refractivity contribution < 1.29 is 9.59 Å². The van der Waals surface area contributed by atoms with Crippen LogP contribution in [0.1, 0.15) is 66.9 Å². The highest BCUT2D eigenvalue weighted by Gasteiger charge is 2.47. The Bertz CT molecular complexity index is 871. The Morgan fingerprint density at radius 1 is 1.00 bits per heavy atom. The van der Waals surface area contributed by atoms with Crippen molar-refractivity contribution in [3.63, 3.8) is 0 Å². The molecule has 1 heterocycles. The van der Waals surface area contributed by atoms with Gasteiger partial charge in [-0.3, -0.25) is 9.59 Å². The third-order valence-corrected chi connectivity index (χ3v) is 6.49. The van der Waals surface area contributed by atoms with Gasteiger partial charge in [-0.25, -0.2) is 0 Å². The second-order valence-electron chi connectivity index (χ2n) is 8.65. The summed E-state index contributed by atoms with van der Waals surface area (Å²) in [6, 6.07) is 17.8. The van der Waals surface area contributed by atoms with E-state index in [9.17, 15) is 9.59 Å². The van der Waals surface area contributed by atoms with Gasteiger partial charge in [0.15, 0.2) is 0 Å². The normalized spacial score (nSPS) is 22.7. The molecule has 0 aromatic heterocycles. The van der Waals surface area contributed by atoms with Crippen molar-refractivity contribution in [2.24, 2.45) is 0 Å². The molecule has 1 aliphatic heterocycles. The van der Waals surface area contributed by atoms with Crippen LogP contribution in [0.15, 0.2) is 54.6 Å². The summed E-state index contributed by atoms with van der Waals surface area (Å²) in [4.78, 5) is 28.8. The van der Waals surface area contributed by atoms with Crippen molar-refractivity contribution in [1.29, 1.82) is 0 Å². The van der Waals surface area contributed by atoms with Gasteiger partial charge in [-0.2, -0.15) is 0 Å². The molecule has 2 amide bonds. The van der Waals surface area contributed by atoms with E-state index in [1.807, 2.05) is 61.5 Å². The van der Waals surface area contributed by atoms with Crippen LogP contribution in [0.3, 0.4) is 0 Å². The van der Waals surface area contributed by atoms with E-state index in [1.54, 1.807) is 4.90 Å². The molecular formula is C25H30N2O2. The average Bonchev–Trinajstić information content (AvgIpc) is 3.00. The third-order valence-electron chi connectivity index (χ3n) is 6.49. The molecule has 0 unspecified atom stereocenters. The predicted molar refractivity (Wildman–Crippen MR) is 114 cm³/mol. The van der Waals surface area contributed by atoms with Crippen molar-refractivity contribution in [3.8, 4) is 0 Å². The Hall–Kier alpha value is -2.62. The number of rotatable bonds is 4. The number of carbonyl (C=O) groups excluding carboxylic acids is 2. The van der Waals surface area contributed by atoms with Crippen LogP contribution in [0.5, 0.6) is 0 Å². The fraction of sp³-hybridized carbons (Fsp3) is 0.440. The lowest BCUT2D eigenvalue weighted by atomic mass is 9.82. The molecule has 152 valence electrons. The fourth-order valence-corrected chi connectivity index (χ4v) is 4.70. The largest absolute Gasteiger partial charge is 0.351 e. The minimum Gasteiger partial charge on any atom is -0.351 e. The zero-order valence-corrected chi connectivity index (χ0v) is 17.2. The van der Waals surface area contributed by atoms with Crippen molar-refractivity contribution in [1.82, 2.24) is 10.2 Å². The van der Waals surface area contributed by atoms with Gasteiger partial charge >= 0.3 is 0 Å². The molecule has 1 saturated carbocycles. The lowest BCUT2D eigenvalue weighted by Gasteiger charge is -2.44. The van der Waals surface area contributed by atoms with Crippen LogP contribution >= 0.6 is 0 Å². The molecule has 2 aromatic rings. The number of carbonyl (C=O) groups is 2. The molecule has 4 rings (SSSR count). The zero-order valence-electron chi connectivity index (χ0n) is 17.2. The maximum atomic E-state index is 13.6. The van der Waals surface area contributed by atoms with Gasteiger partial charge in [0.25, 0.3) is 5.91 Å². The highest BCUT2D eigenvalue weighted by Crippen LogP contribution is 2.33. The van der Waals surface area contributed by atoms with Crippen molar-refractivity contribution in [2.45, 2.75) is 70.0 Å². The SMILES string of the molecule is C[C@@]1(C(=O)NC2CCCCCC2)Cc2ccccc2C(=O)N1Cc1ccccc1. The lowest BCUT2D eigenvalue weighted by Crippen LogP contribution is -2.63. The van der Waals surface area contributed by atoms with Crippen LogP contribution in [0, 0.1) is 0 Å². The molecule has 1 aliphatic carbocycles. The molecule has 1 fully saturated rings. The smallest absolute Gasteiger partial charge is 0.255 e. The Labute approximate surface area is 173 Å². The van der Waals surface area contributed by atoms with E-state index in [4.69, 9.17) is 0 Å². The van der Waals surface area contributed by atoms with Gasteiger partial charge in [0, 0.05) is 24.6 Å². The summed E-state index contributed by atoms with van der Waals surface area (Å²) in [5, 5.41) is 3.30. The molecular weight excluding hydrogens is 360 g/mol. The number of hydrogen-bond acceptors (Lipinski definition) is 2. The molecule has 0 spiro atoms. The first-order valence-corrected chi connectivity index (χ1v) is 10.8. The first-order chi connectivity index (χ1) is 14.1. The highest BCUT2D eigenvalue weighted by molar-refractivity contribution is 6.02. The molecule has 2 aliphatic rings. The number of hydrogen-bond donors (Lipinski definition) is 1. The first kappa shape index (κ1) is 19.7. The van der Waals surface area contributed by atoms with Crippen LogP contribution in [-0.2, 0) is 17.8 Å². The van der Waals surface area contributed by atoms with Crippen molar-refractivity contribution in [2.75, 3.05) is 0 Å². The van der Waals surface area contributed by atoms with Crippen LogP contribution in [0.4, 0.5) is 0 Å². The molecule has 0 radical (unpaired) electrons. The number of nitrogens with zero attached hydrogens (tertiary/aromatic N) is 1. The first-order valence-electron chi connectivity index (χ1n) is 10.8. The maximum Gasteiger partial charge on any atom is 0.255 e. The van der Waals surface area contributed by atoms with Gasteiger partial charge in [0.2, 0.25) is 5.91 Å². The van der Waals surface area contributed by atoms with E-state index in [1.165, 1.54) is 12.8 Å². The molecule has 0 bridgehead atoms. The molecule has 1 N–H and O–H groups in total. The predicted octanol–water partition coefficient (Wildman–Crippen LogP) is 4.48. The quantitative estimate of drug-likeness (QED) is 0.783. The second kappa shape index (κ2) is 8.40. The number of amides is 2. The molecule has 0 saturated heterocycles. The van der Waals surface area contributed by atoms with Gasteiger partial charge in [-0.05, 0) is 37.0 Å². The van der Waals surface area contributed by atoms with Crippen LogP contribution < -0.4 is 5.32 Å². The molecule has 2 aromatic carbocycles. The minimum absolute atomic E-state index is 0.0248. The topological polar surface area (TPSA) is 49.4 Å². The van der Waals surface area contributed by atoms with E-state index in [0.717, 1.165) is 36.8 Å². The molecule has 29 heavy (non-hydrogen) atoms. The summed E-state index contributed by atoms with van der Waals surface area (Å²) in [5.74, 6) is -0.0857. The van der Waals surface area contributed by atoms with Gasteiger partial charge in [0.1, 0.15) is 5.54 Å². The third kappa shape index (κ3) is 4.07. The summed E-state index contributed by atoms with van der Waals surface area (Å²) in [7, 11) is 0. The van der Waals surface area contributed by atoms with E-state index < -0.39 is 5.54 Å². The van der Waals surface area contributed by atoms with Gasteiger partial charge < -0.3 is 10.2 Å². The summed E-state index contributed by atoms with van der Waals surface area (Å²) < 4.78 is 0. The number of fused-ring (bicyclic) bond motifs is 1. The van der Waals surface area contributed by atoms with E-state index in [0.29, 0.717) is 18.5 Å². The van der Waals surface area contributed by atoms with Crippen LogP contribution in [0.2, 0.25) is 0 Å². The molecule has 4 nitrogen and oxygen atoms in total. The van der Waals surface area contributed by atoms with Gasteiger partial charge in [0.05, 0.1) is 0 Å². The Balaban J connectivity index is 1.65. The summed E-state index contributed by atoms with van der Waals surface area (Å²) >= 11 is 0. The summed E-state index contributed by atoms with van der Waals surface area (Å²) in [6.07, 6.45) is 7.43. The monoisotopic (exact) mass is 390 g/mol. The standard InChI is InChI=1S/C25H30N2O2/c1-25(24(29)26-21-14-7-2-3-8-15-21)17-20-13-9-10-16-22(20)23(28)27(25)18-19-11-5-4-6-12-19/h4-6,9-13,16,21H,2-3,7-8,14-15,17-18H2,1H3,(H,26,29)/t25-/m0/s1. The van der Waals surface area contributed by atoms with Crippen LogP contribution in [0.25, 0.3) is 0 Å². The van der Waals surface area contributed by atoms with Crippen molar-refractivity contribution in [3.05, 3.63) is 71.3 Å². The van der Waals surface area contributed by atoms with Gasteiger partial charge in [-0.1, -0.05) is 74.2 Å². The van der Waals surface area contributed by atoms with Crippen LogP contribution in [-0.4, -0.2) is 28.3 Å². The maximum absolute atomic E-state index is 13.6. The number of benzene rings is 2. The average molecular weight is 391 g/mol. The van der Waals surface area contributed by atoms with E-state index in [2.05, 4.69) is 5.32 Å². The molecule has 1 atom stereocenters. The molecule has 4 heteroatoms. The van der Waals surface area contributed by atoms with E-state index >= 15 is 0 Å². The lowest BCUT2D eigenvalue weighted by molar-refractivity contribution is -0.132. The minimum atomic E-state index is -0.895. The van der Waals surface area contributed by atoms with E-state index in [-0.39, 0.29) is 17.9 Å². The fourth-order valence-electron chi connectivity index (χ4n) is 4.70. The Morgan fingerprint density at radius 2 is 1.66 bits per heavy atom. The Kier molecular flexibility index (Phi) is 5.70. The summed E-state index contributed by atoms with van der Waals surface area (Å²) in [5.41, 5.74) is 1.81. The highest BCUT2D eigenvalue weighted by atomic mass is 16.2. The second-order valence-corrected chi connectivity index (χ2v) is 8.65. The van der Waals surface area contributed by atoms with Crippen molar-refractivity contribution >= 4 is 11.8 Å². The Morgan fingerprint density at radius 3 is 2.38 bits per heavy atom. The summed E-state index contributed by atoms with van der Waals surface area (Å²) in [6.45, 7) is 2.36. The van der Waals surface area contributed by atoms with Gasteiger partial charge in [-0.15, -0.1) is 0 Å². The zero-order chi connectivity index (χ0) is 20.3.